The van der Waals surface area contributed by atoms with Crippen molar-refractivity contribution in [1.82, 2.24) is 36.4 Å². The number of sulfonamides is 1. The number of carbonyl (C=O) groups excluding carboxylic acids is 1. The molecule has 0 aliphatic heterocycles. The smallest absolute Gasteiger partial charge is 0.396 e. The van der Waals surface area contributed by atoms with Crippen molar-refractivity contribution in [2.75, 3.05) is 16.7 Å². The number of nitrogen functional groups attached to an aromatic ring is 1. The predicted molar refractivity (Wildman–Crippen MR) is 203 cm³/mol. The first-order valence-electron chi connectivity index (χ1n) is 17.6. The standard InChI is InChI=1S/C37H30ClF9N8O4S.H3N/c1-16-12-36(43,44)32-27(16)31(37(45,46)47)53-55(32)13-26(56)49-25(9-17-7-18(39)10-19(40)8-17)29-21(11-23(48)24(50-29)5-6-34(57)14-35(41,42)15-34)20-3-4-22(38)28-30(20)51-52-33(28)54-60(2,58)59;/h3-4,7-8,10-11,16,25,57H,9,12-15,48H2,1-2H3,(H,49,56)(H2,51,52,54);1H3/t16-,25+;/m1./s1. The number of nitrogens with one attached hydrogen (secondary N) is 3. The van der Waals surface area contributed by atoms with Crippen LogP contribution in [0.5, 0.6) is 0 Å². The van der Waals surface area contributed by atoms with Gasteiger partial charge in [0.25, 0.3) is 11.8 Å². The van der Waals surface area contributed by atoms with E-state index in [0.717, 1.165) is 25.3 Å². The maximum absolute atomic E-state index is 15.2. The van der Waals surface area contributed by atoms with Gasteiger partial charge in [-0.15, -0.1) is 0 Å². The number of nitrogens with zero attached hydrogens (tertiary/aromatic N) is 4. The second kappa shape index (κ2) is 15.4. The van der Waals surface area contributed by atoms with E-state index in [2.05, 4.69) is 42.2 Å². The summed E-state index contributed by atoms with van der Waals surface area (Å²) in [5.41, 5.74) is -0.139. The summed E-state index contributed by atoms with van der Waals surface area (Å²) < 4.78 is 156. The molecule has 2 aliphatic carbocycles. The molecule has 326 valence electrons. The number of rotatable bonds is 9. The van der Waals surface area contributed by atoms with Crippen molar-refractivity contribution in [3.05, 3.63) is 87.0 Å². The Morgan fingerprint density at radius 2 is 1.77 bits per heavy atom. The summed E-state index contributed by atoms with van der Waals surface area (Å²) in [5, 5.41) is 23.1. The molecule has 5 aromatic rings. The maximum atomic E-state index is 15.2. The highest BCUT2D eigenvalue weighted by atomic mass is 35.5. The number of nitrogens with two attached hydrogens (primary N) is 1. The number of aliphatic hydroxyl groups is 1. The van der Waals surface area contributed by atoms with Crippen LogP contribution in [0, 0.1) is 23.5 Å². The third kappa shape index (κ3) is 9.07. The number of aromatic amines is 1. The van der Waals surface area contributed by atoms with Gasteiger partial charge in [-0.3, -0.25) is 19.3 Å². The van der Waals surface area contributed by atoms with Gasteiger partial charge >= 0.3 is 6.18 Å². The van der Waals surface area contributed by atoms with Gasteiger partial charge in [-0.1, -0.05) is 30.5 Å². The van der Waals surface area contributed by atoms with Gasteiger partial charge < -0.3 is 22.3 Å². The van der Waals surface area contributed by atoms with Gasteiger partial charge in [-0.25, -0.2) is 31.0 Å². The summed E-state index contributed by atoms with van der Waals surface area (Å²) in [7, 11) is -3.92. The number of hydrogen-bond acceptors (Lipinski definition) is 9. The topological polar surface area (TPSA) is 216 Å². The van der Waals surface area contributed by atoms with Crippen molar-refractivity contribution < 1.29 is 57.8 Å². The van der Waals surface area contributed by atoms with Crippen LogP contribution >= 0.6 is 11.6 Å². The molecule has 3 heterocycles. The van der Waals surface area contributed by atoms with Crippen molar-refractivity contribution in [3.8, 4) is 23.0 Å². The molecule has 7 rings (SSSR count). The van der Waals surface area contributed by atoms with Crippen LogP contribution in [0.25, 0.3) is 22.0 Å². The molecule has 2 atom stereocenters. The molecule has 2 aliphatic rings. The minimum atomic E-state index is -5.17. The summed E-state index contributed by atoms with van der Waals surface area (Å²) in [6, 6.07) is 4.71. The fourth-order valence-corrected chi connectivity index (χ4v) is 8.30. The lowest BCUT2D eigenvalue weighted by atomic mass is 9.77. The number of fused-ring (bicyclic) bond motifs is 2. The number of pyridine rings is 1. The number of aromatic nitrogens is 5. The van der Waals surface area contributed by atoms with Crippen LogP contribution in [0.15, 0.2) is 36.4 Å². The fourth-order valence-electron chi connectivity index (χ4n) is 7.55. The van der Waals surface area contributed by atoms with Crippen molar-refractivity contribution in [2.45, 2.75) is 74.7 Å². The molecule has 0 saturated heterocycles. The molecule has 3 aromatic heterocycles. The molecule has 61 heavy (non-hydrogen) atoms. The predicted octanol–water partition coefficient (Wildman–Crippen LogP) is 7.10. The van der Waals surface area contributed by atoms with Gasteiger partial charge in [0.05, 0.1) is 52.4 Å². The van der Waals surface area contributed by atoms with Gasteiger partial charge in [0, 0.05) is 29.2 Å². The molecule has 13 nitrogen and oxygen atoms in total. The monoisotopic (exact) mass is 905 g/mol. The molecular weight excluding hydrogens is 873 g/mol. The number of anilines is 2. The molecule has 0 bridgehead atoms. The Bertz CT molecular complexity index is 2740. The lowest BCUT2D eigenvalue weighted by Crippen LogP contribution is -2.50. The lowest BCUT2D eigenvalue weighted by Gasteiger charge is -2.39. The van der Waals surface area contributed by atoms with Gasteiger partial charge in [-0.2, -0.15) is 32.1 Å². The Labute approximate surface area is 344 Å². The van der Waals surface area contributed by atoms with E-state index in [1.54, 1.807) is 0 Å². The summed E-state index contributed by atoms with van der Waals surface area (Å²) in [5.74, 6) is -7.12. The second-order valence-electron chi connectivity index (χ2n) is 14.8. The molecule has 24 heteroatoms. The van der Waals surface area contributed by atoms with Crippen LogP contribution in [-0.4, -0.2) is 62.2 Å². The number of amides is 1. The van der Waals surface area contributed by atoms with Crippen molar-refractivity contribution >= 4 is 49.9 Å². The first-order valence-corrected chi connectivity index (χ1v) is 19.9. The van der Waals surface area contributed by atoms with E-state index < -0.39 is 112 Å². The van der Waals surface area contributed by atoms with Gasteiger partial charge in [0.15, 0.2) is 11.5 Å². The Morgan fingerprint density at radius 1 is 1.11 bits per heavy atom. The Hall–Kier alpha value is -5.57. The molecule has 0 unspecified atom stereocenters. The van der Waals surface area contributed by atoms with Gasteiger partial charge in [0.2, 0.25) is 15.9 Å². The zero-order chi connectivity index (χ0) is 43.9. The van der Waals surface area contributed by atoms with E-state index in [4.69, 9.17) is 17.3 Å². The van der Waals surface area contributed by atoms with E-state index in [0.29, 0.717) is 6.07 Å². The van der Waals surface area contributed by atoms with Gasteiger partial charge in [0.1, 0.15) is 35.2 Å². The summed E-state index contributed by atoms with van der Waals surface area (Å²) >= 11 is 6.47. The number of carbonyl (C=O) groups is 1. The van der Waals surface area contributed by atoms with Crippen molar-refractivity contribution in [2.24, 2.45) is 0 Å². The van der Waals surface area contributed by atoms with Crippen LogP contribution in [0.1, 0.15) is 72.0 Å². The lowest BCUT2D eigenvalue weighted by molar-refractivity contribution is -0.176. The Balaban J connectivity index is 0.00000622. The first-order chi connectivity index (χ1) is 27.7. The highest BCUT2D eigenvalue weighted by molar-refractivity contribution is 7.92. The van der Waals surface area contributed by atoms with E-state index >= 15 is 8.78 Å². The summed E-state index contributed by atoms with van der Waals surface area (Å²) in [4.78, 5) is 18.4. The zero-order valence-corrected chi connectivity index (χ0v) is 33.2. The highest BCUT2D eigenvalue weighted by Gasteiger charge is 2.55. The molecule has 1 fully saturated rings. The van der Waals surface area contributed by atoms with E-state index in [1.165, 1.54) is 18.2 Å². The zero-order valence-electron chi connectivity index (χ0n) is 31.6. The van der Waals surface area contributed by atoms with Crippen LogP contribution in [0.2, 0.25) is 5.02 Å². The highest BCUT2D eigenvalue weighted by Crippen LogP contribution is 2.52. The first kappa shape index (κ1) is 45.0. The average molecular weight is 906 g/mol. The van der Waals surface area contributed by atoms with Crippen LogP contribution < -0.4 is 21.9 Å². The fraction of sp³-hybridized carbons (Fsp3) is 0.351. The molecular formula is C37H33ClF9N9O4S. The van der Waals surface area contributed by atoms with Crippen LogP contribution in [0.4, 0.5) is 51.0 Å². The van der Waals surface area contributed by atoms with Gasteiger partial charge in [-0.05, 0) is 48.1 Å². The number of hydrogen-bond donors (Lipinski definition) is 6. The number of benzene rings is 2. The van der Waals surface area contributed by atoms with Crippen molar-refractivity contribution in [1.29, 1.82) is 0 Å². The number of H-pyrrole nitrogens is 1. The largest absolute Gasteiger partial charge is 0.435 e. The summed E-state index contributed by atoms with van der Waals surface area (Å²) in [6.45, 7) is -0.0496. The molecule has 2 aromatic carbocycles. The quantitative estimate of drug-likeness (QED) is 0.0656. The van der Waals surface area contributed by atoms with Crippen molar-refractivity contribution in [3.63, 3.8) is 0 Å². The Kier molecular flexibility index (Phi) is 11.4. The molecule has 1 saturated carbocycles. The van der Waals surface area contributed by atoms with Crippen LogP contribution in [0.3, 0.4) is 0 Å². The third-order valence-electron chi connectivity index (χ3n) is 9.82. The summed E-state index contributed by atoms with van der Waals surface area (Å²) in [6.07, 6.45) is -7.88. The minimum Gasteiger partial charge on any atom is -0.396 e. The normalized spacial score (nSPS) is 18.0. The molecule has 0 spiro atoms. The molecule has 9 N–H and O–H groups in total. The minimum absolute atomic E-state index is 0. The average Bonchev–Trinajstić information content (AvgIpc) is 3.75. The number of alkyl halides is 7. The number of halogens is 10. The third-order valence-corrected chi connectivity index (χ3v) is 10.7. The molecule has 1 amide bonds. The molecule has 0 radical (unpaired) electrons. The van der Waals surface area contributed by atoms with E-state index in [1.807, 2.05) is 0 Å². The second-order valence-corrected chi connectivity index (χ2v) is 17.0. The van der Waals surface area contributed by atoms with E-state index in [-0.39, 0.29) is 66.3 Å². The maximum Gasteiger partial charge on any atom is 0.435 e. The SMILES string of the molecule is C[C@@H]1CC(F)(F)c2c1c(C(F)(F)F)nn2CC(=O)N[C@@H](Cc1cc(F)cc(F)c1)c1nc(C#CC2(O)CC(F)(F)C2)c(N)cc1-c1ccc(Cl)c2c(NS(C)(=O)=O)n[nH]c12.N. The Morgan fingerprint density at radius 3 is 2.38 bits per heavy atom. The van der Waals surface area contributed by atoms with E-state index in [9.17, 15) is 49.1 Å². The van der Waals surface area contributed by atoms with Crippen LogP contribution in [-0.2, 0) is 39.9 Å².